The van der Waals surface area contributed by atoms with Gasteiger partial charge in [0.25, 0.3) is 0 Å². The third-order valence-corrected chi connectivity index (χ3v) is 5.67. The molecule has 2 aromatic rings. The van der Waals surface area contributed by atoms with Crippen LogP contribution in [0.25, 0.3) is 0 Å². The van der Waals surface area contributed by atoms with Gasteiger partial charge in [-0.05, 0) is 18.1 Å². The van der Waals surface area contributed by atoms with Crippen molar-refractivity contribution in [3.63, 3.8) is 0 Å². The molecule has 0 fully saturated rings. The van der Waals surface area contributed by atoms with E-state index >= 15 is 0 Å². The van der Waals surface area contributed by atoms with Crippen LogP contribution in [0.3, 0.4) is 0 Å². The van der Waals surface area contributed by atoms with Crippen LogP contribution < -0.4 is 4.74 Å². The Morgan fingerprint density at radius 2 is 1.79 bits per heavy atom. The fourth-order valence-electron chi connectivity index (χ4n) is 2.99. The highest BCUT2D eigenvalue weighted by Gasteiger charge is 2.37. The van der Waals surface area contributed by atoms with Gasteiger partial charge >= 0.3 is 0 Å². The van der Waals surface area contributed by atoms with Crippen molar-refractivity contribution < 1.29 is 27.0 Å². The summed E-state index contributed by atoms with van der Waals surface area (Å²) in [7, 11) is -3.54. The quantitative estimate of drug-likeness (QED) is 0.913. The minimum atomic E-state index is -3.54. The Bertz CT molecular complexity index is 887. The number of aliphatic hydroxyl groups excluding tert-OH is 1. The second-order valence-corrected chi connectivity index (χ2v) is 8.05. The number of aliphatic hydroxyl groups is 1. The number of hydrogen-bond acceptors (Lipinski definition) is 4. The maximum atomic E-state index is 13.3. The lowest BCUT2D eigenvalue weighted by atomic mass is 9.93. The largest absolute Gasteiger partial charge is 0.457 e. The van der Waals surface area contributed by atoms with E-state index in [0.717, 1.165) is 18.2 Å². The monoisotopic (exact) mass is 354 g/mol. The van der Waals surface area contributed by atoms with E-state index in [1.165, 1.54) is 12.1 Å². The molecule has 2 aromatic carbocycles. The van der Waals surface area contributed by atoms with Crippen molar-refractivity contribution in [3.05, 3.63) is 53.1 Å². The van der Waals surface area contributed by atoms with Crippen LogP contribution in [0.15, 0.2) is 35.2 Å². The minimum absolute atomic E-state index is 0.0373. The number of rotatable bonds is 3. The van der Waals surface area contributed by atoms with Crippen molar-refractivity contribution in [2.45, 2.75) is 30.8 Å². The van der Waals surface area contributed by atoms with Gasteiger partial charge in [0, 0.05) is 29.3 Å². The van der Waals surface area contributed by atoms with Gasteiger partial charge in [-0.1, -0.05) is 13.8 Å². The van der Waals surface area contributed by atoms with E-state index < -0.39 is 27.6 Å². The van der Waals surface area contributed by atoms with Crippen LogP contribution in [-0.4, -0.2) is 19.3 Å². The molecular formula is C17H16F2O4S. The fourth-order valence-corrected chi connectivity index (χ4v) is 4.61. The molecule has 0 saturated carbocycles. The van der Waals surface area contributed by atoms with Crippen LogP contribution >= 0.6 is 0 Å². The van der Waals surface area contributed by atoms with Gasteiger partial charge in [0.1, 0.15) is 23.1 Å². The molecule has 1 aliphatic heterocycles. The summed E-state index contributed by atoms with van der Waals surface area (Å²) in [6.45, 7) is 3.65. The minimum Gasteiger partial charge on any atom is -0.457 e. The van der Waals surface area contributed by atoms with Crippen LogP contribution in [0.4, 0.5) is 8.78 Å². The smallest absolute Gasteiger partial charge is 0.181 e. The van der Waals surface area contributed by atoms with Crippen LogP contribution in [0.2, 0.25) is 0 Å². The summed E-state index contributed by atoms with van der Waals surface area (Å²) in [4.78, 5) is 0.0801. The maximum absolute atomic E-state index is 13.3. The molecule has 1 aliphatic rings. The SMILES string of the molecule is CC(C)c1c(Oc2cc(F)cc(F)c2)ccc2c1C(O)CS2(=O)=O. The molecule has 3 rings (SSSR count). The molecule has 1 unspecified atom stereocenters. The number of halogens is 2. The summed E-state index contributed by atoms with van der Waals surface area (Å²) in [6.07, 6.45) is -1.14. The Balaban J connectivity index is 2.15. The van der Waals surface area contributed by atoms with Crippen molar-refractivity contribution in [3.8, 4) is 11.5 Å². The van der Waals surface area contributed by atoms with E-state index in [1.54, 1.807) is 0 Å². The fraction of sp³-hybridized carbons (Fsp3) is 0.294. The predicted molar refractivity (Wildman–Crippen MR) is 84.0 cm³/mol. The van der Waals surface area contributed by atoms with E-state index in [2.05, 4.69) is 0 Å². The lowest BCUT2D eigenvalue weighted by molar-refractivity contribution is 0.202. The van der Waals surface area contributed by atoms with Crippen LogP contribution in [0, 0.1) is 11.6 Å². The van der Waals surface area contributed by atoms with E-state index in [1.807, 2.05) is 13.8 Å². The third-order valence-electron chi connectivity index (χ3n) is 3.89. The van der Waals surface area contributed by atoms with Gasteiger partial charge < -0.3 is 9.84 Å². The molecule has 0 saturated heterocycles. The Kier molecular flexibility index (Phi) is 4.09. The van der Waals surface area contributed by atoms with Crippen molar-refractivity contribution >= 4 is 9.84 Å². The standard InChI is InChI=1S/C17H16F2O4S/c1-9(2)16-14(23-12-6-10(18)5-11(19)7-12)3-4-15-17(16)13(20)8-24(15,21)22/h3-7,9,13,20H,8H2,1-2H3. The second-order valence-electron chi connectivity index (χ2n) is 6.05. The van der Waals surface area contributed by atoms with E-state index in [0.29, 0.717) is 11.1 Å². The van der Waals surface area contributed by atoms with Crippen molar-refractivity contribution in [1.82, 2.24) is 0 Å². The number of hydrogen-bond donors (Lipinski definition) is 1. The van der Waals surface area contributed by atoms with E-state index in [4.69, 9.17) is 4.74 Å². The van der Waals surface area contributed by atoms with Gasteiger partial charge in [-0.2, -0.15) is 0 Å². The second kappa shape index (κ2) is 5.82. The molecule has 1 N–H and O–H groups in total. The molecule has 1 heterocycles. The molecule has 1 atom stereocenters. The Morgan fingerprint density at radius 1 is 1.17 bits per heavy atom. The van der Waals surface area contributed by atoms with Crippen molar-refractivity contribution in [1.29, 1.82) is 0 Å². The zero-order valence-electron chi connectivity index (χ0n) is 13.1. The van der Waals surface area contributed by atoms with Gasteiger partial charge in [0.05, 0.1) is 16.8 Å². The highest BCUT2D eigenvalue weighted by atomic mass is 32.2. The lowest BCUT2D eigenvalue weighted by Crippen LogP contribution is -2.04. The van der Waals surface area contributed by atoms with Gasteiger partial charge in [0.2, 0.25) is 0 Å². The normalized spacial score (nSPS) is 18.7. The molecule has 4 nitrogen and oxygen atoms in total. The molecule has 7 heteroatoms. The molecule has 0 aliphatic carbocycles. The molecule has 0 aromatic heterocycles. The third kappa shape index (κ3) is 2.89. The zero-order chi connectivity index (χ0) is 17.6. The predicted octanol–water partition coefficient (Wildman–Crippen LogP) is 3.70. The molecular weight excluding hydrogens is 338 g/mol. The van der Waals surface area contributed by atoms with Crippen LogP contribution in [0.1, 0.15) is 37.0 Å². The Morgan fingerprint density at radius 3 is 2.38 bits per heavy atom. The van der Waals surface area contributed by atoms with E-state index in [-0.39, 0.29) is 28.1 Å². The molecule has 0 amide bonds. The van der Waals surface area contributed by atoms with Gasteiger partial charge in [-0.15, -0.1) is 0 Å². The van der Waals surface area contributed by atoms with E-state index in [9.17, 15) is 22.3 Å². The summed E-state index contributed by atoms with van der Waals surface area (Å²) in [5.74, 6) is -1.86. The lowest BCUT2D eigenvalue weighted by Gasteiger charge is -2.19. The molecule has 0 bridgehead atoms. The van der Waals surface area contributed by atoms with Crippen LogP contribution in [-0.2, 0) is 9.84 Å². The van der Waals surface area contributed by atoms with Gasteiger partial charge in [0.15, 0.2) is 9.84 Å². The first-order valence-corrected chi connectivity index (χ1v) is 9.06. The topological polar surface area (TPSA) is 63.6 Å². The first kappa shape index (κ1) is 16.9. The maximum Gasteiger partial charge on any atom is 0.181 e. The summed E-state index contributed by atoms with van der Waals surface area (Å²) < 4.78 is 56.5. The first-order chi connectivity index (χ1) is 11.2. The summed E-state index contributed by atoms with van der Waals surface area (Å²) >= 11 is 0. The molecule has 0 spiro atoms. The Labute approximate surface area is 138 Å². The average Bonchev–Trinajstić information content (AvgIpc) is 2.67. The van der Waals surface area contributed by atoms with Gasteiger partial charge in [-0.25, -0.2) is 17.2 Å². The first-order valence-electron chi connectivity index (χ1n) is 7.40. The highest BCUT2D eigenvalue weighted by molar-refractivity contribution is 7.91. The molecule has 0 radical (unpaired) electrons. The van der Waals surface area contributed by atoms with Gasteiger partial charge in [-0.3, -0.25) is 0 Å². The number of benzene rings is 2. The number of ether oxygens (including phenoxy) is 1. The summed E-state index contributed by atoms with van der Waals surface area (Å²) in [5.41, 5.74) is 0.824. The number of fused-ring (bicyclic) bond motifs is 1. The number of sulfone groups is 1. The Hall–Kier alpha value is -1.99. The molecule has 128 valence electrons. The summed E-state index contributed by atoms with van der Waals surface area (Å²) in [6, 6.07) is 5.61. The van der Waals surface area contributed by atoms with Crippen molar-refractivity contribution in [2.75, 3.05) is 5.75 Å². The highest BCUT2D eigenvalue weighted by Crippen LogP contribution is 2.44. The molecule has 24 heavy (non-hydrogen) atoms. The van der Waals surface area contributed by atoms with Crippen molar-refractivity contribution in [2.24, 2.45) is 0 Å². The average molecular weight is 354 g/mol. The summed E-state index contributed by atoms with van der Waals surface area (Å²) in [5, 5.41) is 10.2. The van der Waals surface area contributed by atoms with Crippen LogP contribution in [0.5, 0.6) is 11.5 Å². The zero-order valence-corrected chi connectivity index (χ0v) is 13.9.